The van der Waals surface area contributed by atoms with Crippen molar-refractivity contribution in [2.75, 3.05) is 6.61 Å². The van der Waals surface area contributed by atoms with E-state index >= 15 is 0 Å². The molecule has 0 unspecified atom stereocenters. The lowest BCUT2D eigenvalue weighted by Gasteiger charge is -2.09. The lowest BCUT2D eigenvalue weighted by Crippen LogP contribution is -2.20. The highest BCUT2D eigenvalue weighted by molar-refractivity contribution is 5.88. The zero-order valence-electron chi connectivity index (χ0n) is 11.1. The molecule has 0 radical (unpaired) electrons. The summed E-state index contributed by atoms with van der Waals surface area (Å²) in [6.45, 7) is 2.70. The summed E-state index contributed by atoms with van der Waals surface area (Å²) in [5, 5.41) is 10.2. The van der Waals surface area contributed by atoms with E-state index in [1.807, 2.05) is 0 Å². The van der Waals surface area contributed by atoms with Crippen molar-refractivity contribution >= 4 is 5.97 Å². The van der Waals surface area contributed by atoms with Gasteiger partial charge in [-0.1, -0.05) is 10.4 Å². The van der Waals surface area contributed by atoms with Gasteiger partial charge in [-0.15, -0.1) is 5.10 Å². The fourth-order valence-corrected chi connectivity index (χ4v) is 1.69. The summed E-state index contributed by atoms with van der Waals surface area (Å²) in [5.74, 6) is -0.725. The maximum absolute atomic E-state index is 13.1. The van der Waals surface area contributed by atoms with Crippen molar-refractivity contribution in [3.05, 3.63) is 28.9 Å². The van der Waals surface area contributed by atoms with Crippen LogP contribution in [0, 0.1) is 6.92 Å². The number of alkyl halides is 3. The van der Waals surface area contributed by atoms with E-state index in [0.29, 0.717) is 10.4 Å². The SMILES string of the molecule is CCOC(=O)c1nnn(Cc2cc(C)on2)c1C(F)(F)F. The molecule has 7 nitrogen and oxygen atoms in total. The van der Waals surface area contributed by atoms with E-state index in [4.69, 9.17) is 4.52 Å². The summed E-state index contributed by atoms with van der Waals surface area (Å²) in [7, 11) is 0. The Bertz CT molecular complexity index is 647. The van der Waals surface area contributed by atoms with Gasteiger partial charge in [-0.05, 0) is 13.8 Å². The number of ether oxygens (including phenoxy) is 1. The Morgan fingerprint density at radius 1 is 1.48 bits per heavy atom. The molecule has 0 bridgehead atoms. The number of carbonyl (C=O) groups is 1. The third-order valence-electron chi connectivity index (χ3n) is 2.46. The first kappa shape index (κ1) is 15.0. The van der Waals surface area contributed by atoms with E-state index in [1.165, 1.54) is 13.0 Å². The summed E-state index contributed by atoms with van der Waals surface area (Å²) in [5.41, 5.74) is -1.91. The molecule has 0 saturated carbocycles. The number of carbonyl (C=O) groups excluding carboxylic acids is 1. The highest BCUT2D eigenvalue weighted by Gasteiger charge is 2.42. The largest absolute Gasteiger partial charge is 0.461 e. The molecule has 0 aromatic carbocycles. The Morgan fingerprint density at radius 3 is 2.71 bits per heavy atom. The zero-order valence-corrected chi connectivity index (χ0v) is 11.1. The molecule has 114 valence electrons. The van der Waals surface area contributed by atoms with Gasteiger partial charge < -0.3 is 9.26 Å². The first-order chi connectivity index (χ1) is 9.82. The fourth-order valence-electron chi connectivity index (χ4n) is 1.69. The summed E-state index contributed by atoms with van der Waals surface area (Å²) in [6, 6.07) is 1.46. The summed E-state index contributed by atoms with van der Waals surface area (Å²) in [6.07, 6.45) is -4.80. The molecule has 2 aromatic heterocycles. The summed E-state index contributed by atoms with van der Waals surface area (Å²) < 4.78 is 49.2. The molecular weight excluding hydrogens is 293 g/mol. The van der Waals surface area contributed by atoms with Crippen molar-refractivity contribution in [2.24, 2.45) is 0 Å². The average molecular weight is 304 g/mol. The average Bonchev–Trinajstić information content (AvgIpc) is 2.96. The Morgan fingerprint density at radius 2 is 2.19 bits per heavy atom. The van der Waals surface area contributed by atoms with E-state index in [1.54, 1.807) is 6.92 Å². The van der Waals surface area contributed by atoms with Crippen LogP contribution in [0.15, 0.2) is 10.6 Å². The normalized spacial score (nSPS) is 11.7. The Balaban J connectivity index is 2.39. The molecule has 0 spiro atoms. The molecule has 10 heteroatoms. The molecule has 0 N–H and O–H groups in total. The molecule has 21 heavy (non-hydrogen) atoms. The molecule has 2 aromatic rings. The lowest BCUT2D eigenvalue weighted by molar-refractivity contribution is -0.144. The topological polar surface area (TPSA) is 83.0 Å². The van der Waals surface area contributed by atoms with Crippen LogP contribution < -0.4 is 0 Å². The number of hydrogen-bond acceptors (Lipinski definition) is 6. The van der Waals surface area contributed by atoms with Crippen LogP contribution >= 0.6 is 0 Å². The van der Waals surface area contributed by atoms with Gasteiger partial charge in [-0.2, -0.15) is 13.2 Å². The van der Waals surface area contributed by atoms with Crippen molar-refractivity contribution in [1.29, 1.82) is 0 Å². The second-order valence-electron chi connectivity index (χ2n) is 4.09. The summed E-state index contributed by atoms with van der Waals surface area (Å²) in [4.78, 5) is 11.5. The molecule has 2 rings (SSSR count). The van der Waals surface area contributed by atoms with Crippen molar-refractivity contribution in [2.45, 2.75) is 26.6 Å². The highest BCUT2D eigenvalue weighted by atomic mass is 19.4. The Labute approximate surface area is 116 Å². The van der Waals surface area contributed by atoms with Crippen molar-refractivity contribution in [3.8, 4) is 0 Å². The Kier molecular flexibility index (Phi) is 3.96. The smallest absolute Gasteiger partial charge is 0.435 e. The molecular formula is C11H11F3N4O3. The highest BCUT2D eigenvalue weighted by Crippen LogP contribution is 2.31. The van der Waals surface area contributed by atoms with E-state index < -0.39 is 23.5 Å². The minimum Gasteiger partial charge on any atom is -0.461 e. The molecule has 0 aliphatic heterocycles. The monoisotopic (exact) mass is 304 g/mol. The van der Waals surface area contributed by atoms with Gasteiger partial charge in [0.2, 0.25) is 5.69 Å². The predicted octanol–water partition coefficient (Wildman–Crippen LogP) is 1.82. The maximum atomic E-state index is 13.1. The third kappa shape index (κ3) is 3.20. The Hall–Kier alpha value is -2.39. The number of aryl methyl sites for hydroxylation is 1. The third-order valence-corrected chi connectivity index (χ3v) is 2.46. The predicted molar refractivity (Wildman–Crippen MR) is 61.3 cm³/mol. The van der Waals surface area contributed by atoms with Gasteiger partial charge in [-0.3, -0.25) is 0 Å². The second kappa shape index (κ2) is 5.54. The van der Waals surface area contributed by atoms with E-state index in [9.17, 15) is 18.0 Å². The molecule has 0 saturated heterocycles. The van der Waals surface area contributed by atoms with E-state index in [0.717, 1.165) is 0 Å². The second-order valence-corrected chi connectivity index (χ2v) is 4.09. The lowest BCUT2D eigenvalue weighted by atomic mass is 10.3. The molecule has 0 aliphatic rings. The number of hydrogen-bond donors (Lipinski definition) is 0. The molecule has 0 amide bonds. The summed E-state index contributed by atoms with van der Waals surface area (Å²) >= 11 is 0. The van der Waals surface area contributed by atoms with Gasteiger partial charge in [0.15, 0.2) is 5.69 Å². The van der Waals surface area contributed by atoms with Crippen molar-refractivity contribution in [1.82, 2.24) is 20.2 Å². The van der Waals surface area contributed by atoms with Crippen LogP contribution in [-0.2, 0) is 17.5 Å². The molecule has 0 aliphatic carbocycles. The van der Waals surface area contributed by atoms with E-state index in [-0.39, 0.29) is 18.8 Å². The fraction of sp³-hybridized carbons (Fsp3) is 0.455. The van der Waals surface area contributed by atoms with Gasteiger partial charge in [0, 0.05) is 6.07 Å². The van der Waals surface area contributed by atoms with Crippen molar-refractivity contribution in [3.63, 3.8) is 0 Å². The quantitative estimate of drug-likeness (QED) is 0.801. The van der Waals surface area contributed by atoms with Crippen LogP contribution in [0.4, 0.5) is 13.2 Å². The number of aromatic nitrogens is 4. The van der Waals surface area contributed by atoms with Crippen LogP contribution in [-0.4, -0.2) is 32.7 Å². The standard InChI is InChI=1S/C11H11F3N4O3/c1-3-20-10(19)8-9(11(12,13)14)18(17-15-8)5-7-4-6(2)21-16-7/h4H,3,5H2,1-2H3. The van der Waals surface area contributed by atoms with Crippen LogP contribution in [0.25, 0.3) is 0 Å². The van der Waals surface area contributed by atoms with Crippen LogP contribution in [0.3, 0.4) is 0 Å². The minimum atomic E-state index is -4.80. The number of rotatable bonds is 4. The van der Waals surface area contributed by atoms with Gasteiger partial charge in [0.05, 0.1) is 13.2 Å². The zero-order chi connectivity index (χ0) is 15.6. The minimum absolute atomic E-state index is 0.0640. The van der Waals surface area contributed by atoms with Gasteiger partial charge in [-0.25, -0.2) is 9.48 Å². The molecule has 2 heterocycles. The van der Waals surface area contributed by atoms with Gasteiger partial charge >= 0.3 is 12.1 Å². The van der Waals surface area contributed by atoms with Crippen LogP contribution in [0.2, 0.25) is 0 Å². The molecule has 0 fully saturated rings. The maximum Gasteiger partial charge on any atom is 0.435 e. The first-order valence-corrected chi connectivity index (χ1v) is 5.93. The van der Waals surface area contributed by atoms with E-state index in [2.05, 4.69) is 20.2 Å². The number of esters is 1. The number of nitrogens with zero attached hydrogens (tertiary/aromatic N) is 4. The van der Waals surface area contributed by atoms with Crippen LogP contribution in [0.5, 0.6) is 0 Å². The number of halogens is 3. The van der Waals surface area contributed by atoms with Crippen molar-refractivity contribution < 1.29 is 27.2 Å². The van der Waals surface area contributed by atoms with Gasteiger partial charge in [0.25, 0.3) is 0 Å². The van der Waals surface area contributed by atoms with Crippen LogP contribution in [0.1, 0.15) is 34.6 Å². The molecule has 0 atom stereocenters. The van der Waals surface area contributed by atoms with Gasteiger partial charge in [0.1, 0.15) is 11.5 Å². The first-order valence-electron chi connectivity index (χ1n) is 5.93.